The second-order valence-corrected chi connectivity index (χ2v) is 6.55. The number of nitrogens with zero attached hydrogens (tertiary/aromatic N) is 1. The van der Waals surface area contributed by atoms with E-state index in [0.29, 0.717) is 12.1 Å². The molecule has 0 aromatic heterocycles. The molecule has 144 valence electrons. The van der Waals surface area contributed by atoms with Crippen molar-refractivity contribution in [2.75, 3.05) is 32.5 Å². The third-order valence-electron chi connectivity index (χ3n) is 3.86. The monoisotopic (exact) mass is 372 g/mol. The van der Waals surface area contributed by atoms with Crippen LogP contribution in [0.5, 0.6) is 0 Å². The Morgan fingerprint density at radius 1 is 1.07 bits per heavy atom. The zero-order chi connectivity index (χ0) is 19.8. The largest absolute Gasteiger partial charge is 0.351 e. The number of hydrogen-bond acceptors (Lipinski definition) is 3. The molecule has 2 aromatic carbocycles. The molecule has 0 bridgehead atoms. The maximum absolute atomic E-state index is 13.8. The van der Waals surface area contributed by atoms with Crippen molar-refractivity contribution in [1.82, 2.24) is 15.5 Å². The standard InChI is InChI=1S/C20H25FN4O2/c1-14-7-8-18(17(21)11-14)24-20(27)23-13-15-5-4-6-16(12-15)19(26)22-9-10-25(2)3/h4-8,11-12H,9-10,13H2,1-3H3,(H,22,26)(H2,23,24,27). The number of anilines is 1. The Morgan fingerprint density at radius 3 is 2.56 bits per heavy atom. The Bertz CT molecular complexity index is 808. The molecule has 27 heavy (non-hydrogen) atoms. The fourth-order valence-corrected chi connectivity index (χ4v) is 2.39. The second kappa shape index (κ2) is 9.68. The van der Waals surface area contributed by atoms with Gasteiger partial charge in [-0.3, -0.25) is 4.79 Å². The maximum Gasteiger partial charge on any atom is 0.319 e. The molecule has 0 saturated carbocycles. The van der Waals surface area contributed by atoms with E-state index in [1.54, 1.807) is 31.2 Å². The number of halogens is 1. The fraction of sp³-hybridized carbons (Fsp3) is 0.300. The first-order chi connectivity index (χ1) is 12.8. The highest BCUT2D eigenvalue weighted by Crippen LogP contribution is 2.15. The molecule has 0 unspecified atom stereocenters. The summed E-state index contributed by atoms with van der Waals surface area (Å²) >= 11 is 0. The summed E-state index contributed by atoms with van der Waals surface area (Å²) in [6.45, 7) is 3.30. The van der Waals surface area contributed by atoms with Crippen LogP contribution in [0.1, 0.15) is 21.5 Å². The number of urea groups is 1. The number of rotatable bonds is 7. The number of benzene rings is 2. The van der Waals surface area contributed by atoms with Gasteiger partial charge in [-0.25, -0.2) is 9.18 Å². The smallest absolute Gasteiger partial charge is 0.319 e. The lowest BCUT2D eigenvalue weighted by Gasteiger charge is -2.11. The van der Waals surface area contributed by atoms with Crippen molar-refractivity contribution >= 4 is 17.6 Å². The average Bonchev–Trinajstić information content (AvgIpc) is 2.62. The highest BCUT2D eigenvalue weighted by molar-refractivity contribution is 5.94. The van der Waals surface area contributed by atoms with Crippen molar-refractivity contribution in [3.63, 3.8) is 0 Å². The molecule has 0 atom stereocenters. The van der Waals surface area contributed by atoms with Gasteiger partial charge in [-0.05, 0) is 56.4 Å². The molecular formula is C20H25FN4O2. The van der Waals surface area contributed by atoms with E-state index >= 15 is 0 Å². The fourth-order valence-electron chi connectivity index (χ4n) is 2.39. The van der Waals surface area contributed by atoms with Crippen molar-refractivity contribution < 1.29 is 14.0 Å². The first-order valence-corrected chi connectivity index (χ1v) is 8.68. The van der Waals surface area contributed by atoms with Crippen molar-refractivity contribution in [2.45, 2.75) is 13.5 Å². The van der Waals surface area contributed by atoms with Crippen molar-refractivity contribution in [3.05, 3.63) is 65.0 Å². The molecule has 2 aromatic rings. The van der Waals surface area contributed by atoms with E-state index in [2.05, 4.69) is 16.0 Å². The minimum Gasteiger partial charge on any atom is -0.351 e. The summed E-state index contributed by atoms with van der Waals surface area (Å²) in [6, 6.07) is 11.1. The van der Waals surface area contributed by atoms with Crippen LogP contribution in [-0.2, 0) is 6.54 Å². The van der Waals surface area contributed by atoms with Crippen molar-refractivity contribution in [2.24, 2.45) is 0 Å². The Morgan fingerprint density at radius 2 is 1.85 bits per heavy atom. The van der Waals surface area contributed by atoms with E-state index in [0.717, 1.165) is 17.7 Å². The van der Waals surface area contributed by atoms with Crippen LogP contribution in [0.4, 0.5) is 14.9 Å². The summed E-state index contributed by atoms with van der Waals surface area (Å²) in [5, 5.41) is 7.98. The van der Waals surface area contributed by atoms with Crippen molar-refractivity contribution in [3.8, 4) is 0 Å². The van der Waals surface area contributed by atoms with Gasteiger partial charge in [-0.1, -0.05) is 18.2 Å². The molecule has 0 aliphatic carbocycles. The second-order valence-electron chi connectivity index (χ2n) is 6.55. The highest BCUT2D eigenvalue weighted by atomic mass is 19.1. The number of likely N-dealkylation sites (N-methyl/N-ethyl adjacent to an activating group) is 1. The summed E-state index contributed by atoms with van der Waals surface area (Å²) in [6.07, 6.45) is 0. The molecule has 0 saturated heterocycles. The number of nitrogens with one attached hydrogen (secondary N) is 3. The predicted octanol–water partition coefficient (Wildman–Crippen LogP) is 2.75. The third-order valence-corrected chi connectivity index (χ3v) is 3.86. The van der Waals surface area contributed by atoms with Gasteiger partial charge in [-0.2, -0.15) is 0 Å². The molecule has 6 nitrogen and oxygen atoms in total. The Labute approximate surface area is 158 Å². The van der Waals surface area contributed by atoms with Crippen LogP contribution in [-0.4, -0.2) is 44.0 Å². The molecule has 0 spiro atoms. The summed E-state index contributed by atoms with van der Waals surface area (Å²) in [5.41, 5.74) is 2.19. The lowest BCUT2D eigenvalue weighted by Crippen LogP contribution is -2.31. The van der Waals surface area contributed by atoms with E-state index in [1.807, 2.05) is 25.1 Å². The molecule has 3 amide bonds. The molecule has 7 heteroatoms. The molecule has 0 aliphatic rings. The van der Waals surface area contributed by atoms with Crippen LogP contribution >= 0.6 is 0 Å². The molecule has 0 fully saturated rings. The maximum atomic E-state index is 13.8. The van der Waals surface area contributed by atoms with E-state index in [4.69, 9.17) is 0 Å². The van der Waals surface area contributed by atoms with Gasteiger partial charge in [0.15, 0.2) is 0 Å². The molecular weight excluding hydrogens is 347 g/mol. The first-order valence-electron chi connectivity index (χ1n) is 8.68. The van der Waals surface area contributed by atoms with Crippen molar-refractivity contribution in [1.29, 1.82) is 0 Å². The molecule has 0 heterocycles. The normalized spacial score (nSPS) is 10.6. The summed E-state index contributed by atoms with van der Waals surface area (Å²) in [4.78, 5) is 26.1. The van der Waals surface area contributed by atoms with Crippen LogP contribution < -0.4 is 16.0 Å². The predicted molar refractivity (Wildman–Crippen MR) is 104 cm³/mol. The summed E-state index contributed by atoms with van der Waals surface area (Å²) < 4.78 is 13.8. The quantitative estimate of drug-likeness (QED) is 0.700. The number of carbonyl (C=O) groups is 2. The van der Waals surface area contributed by atoms with Crippen LogP contribution in [0.3, 0.4) is 0 Å². The Hall–Kier alpha value is -2.93. The van der Waals surface area contributed by atoms with E-state index in [9.17, 15) is 14.0 Å². The van der Waals surface area contributed by atoms with Gasteiger partial charge in [0.25, 0.3) is 5.91 Å². The minimum atomic E-state index is -0.515. The molecule has 0 radical (unpaired) electrons. The van der Waals surface area contributed by atoms with Gasteiger partial charge < -0.3 is 20.9 Å². The lowest BCUT2D eigenvalue weighted by molar-refractivity contribution is 0.0951. The molecule has 2 rings (SSSR count). The highest BCUT2D eigenvalue weighted by Gasteiger charge is 2.09. The minimum absolute atomic E-state index is 0.118. The van der Waals surface area contributed by atoms with Gasteiger partial charge >= 0.3 is 6.03 Å². The van der Waals surface area contributed by atoms with Crippen LogP contribution in [0, 0.1) is 12.7 Å². The van der Waals surface area contributed by atoms with Crippen LogP contribution in [0.25, 0.3) is 0 Å². The van der Waals surface area contributed by atoms with Gasteiger partial charge in [0.2, 0.25) is 0 Å². The van der Waals surface area contributed by atoms with E-state index in [-0.39, 0.29) is 18.1 Å². The zero-order valence-electron chi connectivity index (χ0n) is 15.8. The van der Waals surface area contributed by atoms with E-state index < -0.39 is 11.8 Å². The lowest BCUT2D eigenvalue weighted by atomic mass is 10.1. The third kappa shape index (κ3) is 6.71. The SMILES string of the molecule is Cc1ccc(NC(=O)NCc2cccc(C(=O)NCCN(C)C)c2)c(F)c1. The number of amides is 3. The van der Waals surface area contributed by atoms with Crippen LogP contribution in [0.2, 0.25) is 0 Å². The first kappa shape index (κ1) is 20.4. The summed E-state index contributed by atoms with van der Waals surface area (Å²) in [5.74, 6) is -0.647. The Kier molecular flexibility index (Phi) is 7.31. The average molecular weight is 372 g/mol. The molecule has 3 N–H and O–H groups in total. The number of aryl methyl sites for hydroxylation is 1. The number of carbonyl (C=O) groups excluding carboxylic acids is 2. The molecule has 0 aliphatic heterocycles. The Balaban J connectivity index is 1.88. The topological polar surface area (TPSA) is 73.5 Å². The van der Waals surface area contributed by atoms with Crippen LogP contribution in [0.15, 0.2) is 42.5 Å². The van der Waals surface area contributed by atoms with Gasteiger partial charge in [0.1, 0.15) is 5.82 Å². The number of hydrogen-bond donors (Lipinski definition) is 3. The van der Waals surface area contributed by atoms with Gasteiger partial charge in [0, 0.05) is 25.2 Å². The summed E-state index contributed by atoms with van der Waals surface area (Å²) in [7, 11) is 3.87. The zero-order valence-corrected chi connectivity index (χ0v) is 15.8. The van der Waals surface area contributed by atoms with Gasteiger partial charge in [0.05, 0.1) is 5.69 Å². The van der Waals surface area contributed by atoms with E-state index in [1.165, 1.54) is 12.1 Å². The van der Waals surface area contributed by atoms with Gasteiger partial charge in [-0.15, -0.1) is 0 Å².